The third kappa shape index (κ3) is 2.82. The number of carbonyl (C=O) groups excluding carboxylic acids is 1. The van der Waals surface area contributed by atoms with Gasteiger partial charge in [-0.1, -0.05) is 0 Å². The lowest BCUT2D eigenvalue weighted by molar-refractivity contribution is -0.133. The van der Waals surface area contributed by atoms with Crippen molar-refractivity contribution in [3.8, 4) is 0 Å². The first-order valence-electron chi connectivity index (χ1n) is 6.74. The second kappa shape index (κ2) is 5.87. The fourth-order valence-electron chi connectivity index (χ4n) is 2.61. The lowest BCUT2D eigenvalue weighted by Gasteiger charge is -2.34. The molecule has 0 unspecified atom stereocenters. The van der Waals surface area contributed by atoms with E-state index in [1.807, 2.05) is 6.92 Å². The number of aromatic nitrogens is 2. The van der Waals surface area contributed by atoms with E-state index in [1.165, 1.54) is 0 Å². The van der Waals surface area contributed by atoms with E-state index in [2.05, 4.69) is 10.4 Å². The maximum atomic E-state index is 12.8. The molecule has 1 fully saturated rings. The zero-order chi connectivity index (χ0) is 14.9. The predicted molar refractivity (Wildman–Crippen MR) is 70.7 cm³/mol. The molecule has 5 nitrogen and oxygen atoms in total. The molecular weight excluding hydrogens is 266 g/mol. The van der Waals surface area contributed by atoms with Crippen LogP contribution >= 0.6 is 0 Å². The summed E-state index contributed by atoms with van der Waals surface area (Å²) in [7, 11) is 0. The van der Waals surface area contributed by atoms with Gasteiger partial charge in [-0.3, -0.25) is 4.79 Å². The first-order valence-corrected chi connectivity index (χ1v) is 6.74. The summed E-state index contributed by atoms with van der Waals surface area (Å²) in [5, 5.41) is 7.03. The van der Waals surface area contributed by atoms with E-state index in [4.69, 9.17) is 0 Å². The number of carbonyl (C=O) groups is 1. The Morgan fingerprint density at radius 3 is 2.75 bits per heavy atom. The number of hydrogen-bond donors (Lipinski definition) is 1. The molecule has 112 valence electrons. The van der Waals surface area contributed by atoms with E-state index < -0.39 is 6.55 Å². The van der Waals surface area contributed by atoms with Crippen LogP contribution in [0, 0.1) is 13.8 Å². The van der Waals surface area contributed by atoms with Gasteiger partial charge in [0.05, 0.1) is 12.1 Å². The lowest BCUT2D eigenvalue weighted by Crippen LogP contribution is -2.52. The summed E-state index contributed by atoms with van der Waals surface area (Å²) < 4.78 is 26.2. The van der Waals surface area contributed by atoms with Gasteiger partial charge in [0, 0.05) is 36.9 Å². The van der Waals surface area contributed by atoms with Crippen LogP contribution in [0.3, 0.4) is 0 Å². The number of piperazine rings is 1. The molecule has 0 spiro atoms. The number of rotatable bonds is 3. The van der Waals surface area contributed by atoms with Crippen LogP contribution in [0.5, 0.6) is 0 Å². The third-order valence-corrected chi connectivity index (χ3v) is 3.81. The van der Waals surface area contributed by atoms with Crippen LogP contribution in [0.15, 0.2) is 0 Å². The predicted octanol–water partition coefficient (Wildman–Crippen LogP) is 1.26. The Bertz CT molecular complexity index is 501. The molecule has 7 heteroatoms. The van der Waals surface area contributed by atoms with Gasteiger partial charge in [0.1, 0.15) is 0 Å². The Hall–Kier alpha value is -1.50. The number of amides is 1. The van der Waals surface area contributed by atoms with Crippen molar-refractivity contribution in [1.29, 1.82) is 0 Å². The van der Waals surface area contributed by atoms with Crippen LogP contribution in [-0.4, -0.2) is 46.3 Å². The summed E-state index contributed by atoms with van der Waals surface area (Å²) in [6, 6.07) is 0.127. The summed E-state index contributed by atoms with van der Waals surface area (Å²) in [6.07, 6.45) is 0.134. The Balaban J connectivity index is 2.15. The van der Waals surface area contributed by atoms with Crippen LogP contribution in [0.1, 0.15) is 30.4 Å². The minimum Gasteiger partial charge on any atom is -0.337 e. The van der Waals surface area contributed by atoms with Gasteiger partial charge in [0.15, 0.2) is 0 Å². The van der Waals surface area contributed by atoms with Crippen molar-refractivity contribution in [1.82, 2.24) is 20.0 Å². The molecule has 1 aliphatic rings. The monoisotopic (exact) mass is 286 g/mol. The van der Waals surface area contributed by atoms with Crippen molar-refractivity contribution < 1.29 is 13.6 Å². The molecule has 1 N–H and O–H groups in total. The summed E-state index contributed by atoms with van der Waals surface area (Å²) in [4.78, 5) is 14.1. The summed E-state index contributed by atoms with van der Waals surface area (Å²) >= 11 is 0. The average Bonchev–Trinajstić information content (AvgIpc) is 2.67. The number of hydrogen-bond acceptors (Lipinski definition) is 3. The Labute approximate surface area is 116 Å². The molecule has 1 atom stereocenters. The molecule has 0 saturated carbocycles. The van der Waals surface area contributed by atoms with E-state index in [-0.39, 0.29) is 18.4 Å². The zero-order valence-corrected chi connectivity index (χ0v) is 12.0. The van der Waals surface area contributed by atoms with Crippen molar-refractivity contribution in [2.24, 2.45) is 0 Å². The number of nitrogens with zero attached hydrogens (tertiary/aromatic N) is 3. The molecule has 0 bridgehead atoms. The largest absolute Gasteiger partial charge is 0.337 e. The average molecular weight is 286 g/mol. The molecule has 0 radical (unpaired) electrons. The molecule has 1 aromatic heterocycles. The molecular formula is C13H20F2N4O. The Morgan fingerprint density at radius 1 is 1.50 bits per heavy atom. The molecule has 0 aromatic carbocycles. The second-order valence-electron chi connectivity index (χ2n) is 5.19. The van der Waals surface area contributed by atoms with E-state index in [0.29, 0.717) is 28.2 Å². The topological polar surface area (TPSA) is 50.2 Å². The van der Waals surface area contributed by atoms with E-state index >= 15 is 0 Å². The van der Waals surface area contributed by atoms with E-state index in [0.717, 1.165) is 13.1 Å². The first-order chi connectivity index (χ1) is 9.41. The molecule has 0 aliphatic carbocycles. The number of aryl methyl sites for hydroxylation is 1. The van der Waals surface area contributed by atoms with Crippen LogP contribution in [-0.2, 0) is 11.2 Å². The van der Waals surface area contributed by atoms with Crippen molar-refractivity contribution in [2.75, 3.05) is 19.6 Å². The number of alkyl halides is 2. The van der Waals surface area contributed by atoms with E-state index in [1.54, 1.807) is 18.7 Å². The smallest absolute Gasteiger partial charge is 0.333 e. The standard InChI is InChI=1S/C13H20F2N4O/c1-8-7-16-4-5-18(8)12(20)6-11-9(2)17-19(10(11)3)13(14)15/h8,13,16H,4-7H2,1-3H3/t8-/m1/s1. The van der Waals surface area contributed by atoms with Gasteiger partial charge in [-0.25, -0.2) is 4.68 Å². The van der Waals surface area contributed by atoms with Crippen LogP contribution in [0.2, 0.25) is 0 Å². The van der Waals surface area contributed by atoms with Crippen LogP contribution in [0.25, 0.3) is 0 Å². The highest BCUT2D eigenvalue weighted by atomic mass is 19.3. The van der Waals surface area contributed by atoms with Crippen LogP contribution < -0.4 is 5.32 Å². The summed E-state index contributed by atoms with van der Waals surface area (Å²) in [5.41, 5.74) is 1.48. The fraction of sp³-hybridized carbons (Fsp3) is 0.692. The van der Waals surface area contributed by atoms with Crippen molar-refractivity contribution in [2.45, 2.75) is 39.8 Å². The summed E-state index contributed by atoms with van der Waals surface area (Å²) in [6.45, 7) is 4.74. The van der Waals surface area contributed by atoms with Crippen molar-refractivity contribution >= 4 is 5.91 Å². The molecule has 1 saturated heterocycles. The highest BCUT2D eigenvalue weighted by Crippen LogP contribution is 2.20. The van der Waals surface area contributed by atoms with E-state index in [9.17, 15) is 13.6 Å². The van der Waals surface area contributed by atoms with Crippen LogP contribution in [0.4, 0.5) is 8.78 Å². The summed E-state index contributed by atoms with van der Waals surface area (Å²) in [5.74, 6) is -0.0287. The Morgan fingerprint density at radius 2 is 2.20 bits per heavy atom. The van der Waals surface area contributed by atoms with Gasteiger partial charge in [-0.05, 0) is 20.8 Å². The number of halogens is 2. The highest BCUT2D eigenvalue weighted by molar-refractivity contribution is 5.79. The minimum atomic E-state index is -2.67. The minimum absolute atomic E-state index is 0.0287. The number of nitrogens with one attached hydrogen (secondary N) is 1. The molecule has 1 amide bonds. The van der Waals surface area contributed by atoms with Crippen molar-refractivity contribution in [3.63, 3.8) is 0 Å². The molecule has 2 heterocycles. The Kier molecular flexibility index (Phi) is 4.37. The second-order valence-corrected chi connectivity index (χ2v) is 5.19. The SMILES string of the molecule is Cc1nn(C(F)F)c(C)c1CC(=O)N1CCNC[C@H]1C. The quantitative estimate of drug-likeness (QED) is 0.910. The van der Waals surface area contributed by atoms with Gasteiger partial charge in [-0.15, -0.1) is 0 Å². The molecule has 1 aliphatic heterocycles. The fourth-order valence-corrected chi connectivity index (χ4v) is 2.61. The molecule has 20 heavy (non-hydrogen) atoms. The third-order valence-electron chi connectivity index (χ3n) is 3.81. The maximum Gasteiger partial charge on any atom is 0.333 e. The van der Waals surface area contributed by atoms with Gasteiger partial charge in [0.25, 0.3) is 0 Å². The highest BCUT2D eigenvalue weighted by Gasteiger charge is 2.25. The van der Waals surface area contributed by atoms with Gasteiger partial charge < -0.3 is 10.2 Å². The molecule has 2 rings (SSSR count). The van der Waals surface area contributed by atoms with Gasteiger partial charge >= 0.3 is 6.55 Å². The molecule has 1 aromatic rings. The zero-order valence-electron chi connectivity index (χ0n) is 12.0. The van der Waals surface area contributed by atoms with Crippen molar-refractivity contribution in [3.05, 3.63) is 17.0 Å². The lowest BCUT2D eigenvalue weighted by atomic mass is 10.1. The van der Waals surface area contributed by atoms with Gasteiger partial charge in [0.2, 0.25) is 5.91 Å². The maximum absolute atomic E-state index is 12.8. The van der Waals surface area contributed by atoms with Gasteiger partial charge in [-0.2, -0.15) is 13.9 Å². The normalized spacial score (nSPS) is 19.7. The first kappa shape index (κ1) is 14.9.